The summed E-state index contributed by atoms with van der Waals surface area (Å²) in [5.41, 5.74) is 1.08. The number of thioether (sulfide) groups is 1. The SMILES string of the molecule is O=C(O)C1=C(C[N@@+]23CC[C@@H](C2)N(C(=O)c2ccc(O)c(O)c2Cl)CC3)CS[C@@H]2CC(=O)N12. The second kappa shape index (κ2) is 7.57. The lowest BCUT2D eigenvalue weighted by atomic mass is 10.1. The van der Waals surface area contributed by atoms with Gasteiger partial charge in [0.1, 0.15) is 12.2 Å². The molecule has 3 atom stereocenters. The number of phenolic OH excluding ortho intramolecular Hbond substituents is 2. The molecule has 0 unspecified atom stereocenters. The maximum atomic E-state index is 13.1. The van der Waals surface area contributed by atoms with E-state index in [-0.39, 0.29) is 45.3 Å². The van der Waals surface area contributed by atoms with Crippen molar-refractivity contribution >= 4 is 41.1 Å². The van der Waals surface area contributed by atoms with Crippen LogP contribution in [0.4, 0.5) is 0 Å². The molecule has 11 heteroatoms. The van der Waals surface area contributed by atoms with Gasteiger partial charge in [-0.15, -0.1) is 11.8 Å². The normalized spacial score (nSPS) is 29.1. The Bertz CT molecular complexity index is 1080. The molecule has 5 rings (SSSR count). The van der Waals surface area contributed by atoms with Crippen molar-refractivity contribution in [3.05, 3.63) is 34.0 Å². The molecule has 170 valence electrons. The lowest BCUT2D eigenvalue weighted by molar-refractivity contribution is -0.916. The summed E-state index contributed by atoms with van der Waals surface area (Å²) in [5.74, 6) is -1.76. The molecule has 2 bridgehead atoms. The number of fused-ring (bicyclic) bond motifs is 3. The van der Waals surface area contributed by atoms with Crippen molar-refractivity contribution in [1.82, 2.24) is 9.80 Å². The number of nitrogens with zero attached hydrogens (tertiary/aromatic N) is 3. The van der Waals surface area contributed by atoms with E-state index in [1.165, 1.54) is 17.0 Å². The number of carbonyl (C=O) groups is 3. The molecular formula is C21H23ClN3O6S+. The molecule has 0 aliphatic carbocycles. The highest BCUT2D eigenvalue weighted by Crippen LogP contribution is 2.42. The highest BCUT2D eigenvalue weighted by atomic mass is 35.5. The van der Waals surface area contributed by atoms with Crippen molar-refractivity contribution in [2.45, 2.75) is 24.3 Å². The summed E-state index contributed by atoms with van der Waals surface area (Å²) in [5, 5.41) is 29.0. The van der Waals surface area contributed by atoms with Gasteiger partial charge >= 0.3 is 5.97 Å². The Labute approximate surface area is 193 Å². The Hall–Kier alpha value is -2.43. The lowest BCUT2D eigenvalue weighted by Gasteiger charge is -2.46. The van der Waals surface area contributed by atoms with Gasteiger partial charge in [0, 0.05) is 17.7 Å². The molecular weight excluding hydrogens is 458 g/mol. The molecule has 1 aromatic rings. The van der Waals surface area contributed by atoms with Gasteiger partial charge in [-0.3, -0.25) is 14.5 Å². The molecule has 0 spiro atoms. The molecule has 9 nitrogen and oxygen atoms in total. The van der Waals surface area contributed by atoms with E-state index in [2.05, 4.69) is 0 Å². The van der Waals surface area contributed by atoms with Gasteiger partial charge in [-0.25, -0.2) is 4.79 Å². The molecule has 0 saturated carbocycles. The number of carbonyl (C=O) groups excluding carboxylic acids is 2. The number of piperazine rings is 1. The van der Waals surface area contributed by atoms with Crippen molar-refractivity contribution in [2.75, 3.05) is 38.5 Å². The van der Waals surface area contributed by atoms with Gasteiger partial charge in [-0.1, -0.05) is 11.6 Å². The van der Waals surface area contributed by atoms with E-state index in [1.807, 2.05) is 0 Å². The van der Waals surface area contributed by atoms with Crippen LogP contribution in [-0.4, -0.2) is 97.3 Å². The number of hydrogen-bond acceptors (Lipinski definition) is 6. The third-order valence-corrected chi connectivity index (χ3v) is 8.70. The van der Waals surface area contributed by atoms with Crippen LogP contribution in [0.3, 0.4) is 0 Å². The predicted octanol–water partition coefficient (Wildman–Crippen LogP) is 1.44. The number of benzene rings is 1. The van der Waals surface area contributed by atoms with Crippen molar-refractivity contribution in [3.63, 3.8) is 0 Å². The Kier molecular flexibility index (Phi) is 5.06. The number of amides is 2. The van der Waals surface area contributed by atoms with E-state index in [9.17, 15) is 29.7 Å². The summed E-state index contributed by atoms with van der Waals surface area (Å²) in [6.07, 6.45) is 1.17. The molecule has 3 fully saturated rings. The number of β-lactam (4-membered cyclic amide) rings is 1. The zero-order valence-electron chi connectivity index (χ0n) is 17.2. The first-order valence-corrected chi connectivity index (χ1v) is 11.9. The summed E-state index contributed by atoms with van der Waals surface area (Å²) in [6.45, 7) is 3.23. The Morgan fingerprint density at radius 3 is 2.75 bits per heavy atom. The van der Waals surface area contributed by atoms with Crippen LogP contribution in [0.25, 0.3) is 0 Å². The lowest BCUT2D eigenvalue weighted by Crippen LogP contribution is -2.60. The predicted molar refractivity (Wildman–Crippen MR) is 116 cm³/mol. The maximum Gasteiger partial charge on any atom is 0.352 e. The highest BCUT2D eigenvalue weighted by molar-refractivity contribution is 8.00. The van der Waals surface area contributed by atoms with Crippen LogP contribution in [0.5, 0.6) is 11.5 Å². The van der Waals surface area contributed by atoms with Crippen LogP contribution in [0.1, 0.15) is 23.2 Å². The van der Waals surface area contributed by atoms with E-state index in [0.29, 0.717) is 42.8 Å². The van der Waals surface area contributed by atoms with Crippen molar-refractivity contribution in [2.24, 2.45) is 0 Å². The molecule has 4 heterocycles. The zero-order valence-corrected chi connectivity index (χ0v) is 18.7. The fourth-order valence-electron chi connectivity index (χ4n) is 5.38. The smallest absolute Gasteiger partial charge is 0.352 e. The molecule has 3 N–H and O–H groups in total. The van der Waals surface area contributed by atoms with Crippen molar-refractivity contribution in [1.29, 1.82) is 0 Å². The van der Waals surface area contributed by atoms with E-state index >= 15 is 0 Å². The van der Waals surface area contributed by atoms with E-state index in [4.69, 9.17) is 11.6 Å². The Morgan fingerprint density at radius 2 is 2.03 bits per heavy atom. The fourth-order valence-corrected chi connectivity index (χ4v) is 6.88. The van der Waals surface area contributed by atoms with Crippen molar-refractivity contribution < 1.29 is 34.2 Å². The molecule has 0 aromatic heterocycles. The standard InChI is InChI=1S/C21H22ClN3O6S/c22-17-13(1-2-14(26)19(17)28)20(29)23-4-6-25(5-3-12(23)9-25)8-11-10-32-16-7-15(27)24(16)18(11)21(30)31/h1-2,12,16H,3-10H2,(H2-,26,28,29,30,31)/p+1/t12-,16+,25-/m0/s1. The van der Waals surface area contributed by atoms with Crippen LogP contribution < -0.4 is 0 Å². The van der Waals surface area contributed by atoms with Gasteiger partial charge < -0.3 is 24.7 Å². The molecule has 0 radical (unpaired) electrons. The average molecular weight is 481 g/mol. The number of hydrogen-bond donors (Lipinski definition) is 3. The number of aliphatic carboxylic acids is 1. The molecule has 32 heavy (non-hydrogen) atoms. The number of rotatable bonds is 4. The average Bonchev–Trinajstić information content (AvgIpc) is 3.07. The van der Waals surface area contributed by atoms with Crippen LogP contribution in [0.15, 0.2) is 23.4 Å². The third kappa shape index (κ3) is 3.23. The van der Waals surface area contributed by atoms with E-state index in [0.717, 1.165) is 18.5 Å². The van der Waals surface area contributed by atoms with Crippen molar-refractivity contribution in [3.8, 4) is 11.5 Å². The summed E-state index contributed by atoms with van der Waals surface area (Å²) in [4.78, 5) is 40.3. The van der Waals surface area contributed by atoms with E-state index in [1.54, 1.807) is 16.7 Å². The quantitative estimate of drug-likeness (QED) is 0.339. The van der Waals surface area contributed by atoms with Crippen LogP contribution in [0, 0.1) is 0 Å². The second-order valence-electron chi connectivity index (χ2n) is 8.86. The van der Waals surface area contributed by atoms with Gasteiger partial charge in [0.25, 0.3) is 5.91 Å². The van der Waals surface area contributed by atoms with E-state index < -0.39 is 11.7 Å². The first kappa shape index (κ1) is 21.4. The minimum Gasteiger partial charge on any atom is -0.504 e. The molecule has 2 amide bonds. The molecule has 4 aliphatic rings. The number of aromatic hydroxyl groups is 2. The number of halogens is 1. The topological polar surface area (TPSA) is 118 Å². The first-order chi connectivity index (χ1) is 15.2. The molecule has 1 aromatic carbocycles. The number of carboxylic acids is 1. The molecule has 4 aliphatic heterocycles. The van der Waals surface area contributed by atoms with Gasteiger partial charge in [0.2, 0.25) is 5.91 Å². The summed E-state index contributed by atoms with van der Waals surface area (Å²) in [6, 6.07) is 2.64. The van der Waals surface area contributed by atoms with Gasteiger partial charge in [0.15, 0.2) is 11.5 Å². The fraction of sp³-hybridized carbons (Fsp3) is 0.476. The zero-order chi connectivity index (χ0) is 22.8. The van der Waals surface area contributed by atoms with Crippen LogP contribution >= 0.6 is 23.4 Å². The minimum absolute atomic E-state index is 0.0215. The number of carboxylic acid groups (broad SMARTS) is 1. The monoisotopic (exact) mass is 480 g/mol. The van der Waals surface area contributed by atoms with Gasteiger partial charge in [-0.2, -0.15) is 0 Å². The summed E-state index contributed by atoms with van der Waals surface area (Å²) in [7, 11) is 0. The third-order valence-electron chi connectivity index (χ3n) is 7.04. The number of phenols is 2. The summed E-state index contributed by atoms with van der Waals surface area (Å²) >= 11 is 7.72. The summed E-state index contributed by atoms with van der Waals surface area (Å²) < 4.78 is 0.697. The maximum absolute atomic E-state index is 13.1. The molecule has 3 saturated heterocycles. The first-order valence-electron chi connectivity index (χ1n) is 10.5. The second-order valence-corrected chi connectivity index (χ2v) is 10.4. The minimum atomic E-state index is -1.05. The number of quaternary nitrogens is 1. The van der Waals surface area contributed by atoms with Gasteiger partial charge in [0.05, 0.1) is 54.6 Å². The Balaban J connectivity index is 1.36. The van der Waals surface area contributed by atoms with Crippen LogP contribution in [0.2, 0.25) is 5.02 Å². The Morgan fingerprint density at radius 1 is 1.25 bits per heavy atom. The van der Waals surface area contributed by atoms with Gasteiger partial charge in [-0.05, 0) is 12.1 Å². The van der Waals surface area contributed by atoms with Crippen LogP contribution in [-0.2, 0) is 9.59 Å². The largest absolute Gasteiger partial charge is 0.504 e. The highest BCUT2D eigenvalue weighted by Gasteiger charge is 2.51.